The van der Waals surface area contributed by atoms with Crippen LogP contribution in [0.4, 0.5) is 0 Å². The van der Waals surface area contributed by atoms with Crippen LogP contribution in [0.5, 0.6) is 0 Å². The Hall–Kier alpha value is -8.46. The van der Waals surface area contributed by atoms with E-state index in [1.54, 1.807) is 0 Å². The Labute approximate surface area is 369 Å². The van der Waals surface area contributed by atoms with E-state index >= 15 is 0 Å². The highest BCUT2D eigenvalue weighted by molar-refractivity contribution is 6.30. The Bertz CT molecular complexity index is 4050. The lowest BCUT2D eigenvalue weighted by atomic mass is 9.83. The van der Waals surface area contributed by atoms with Gasteiger partial charge in [0, 0.05) is 32.9 Å². The summed E-state index contributed by atoms with van der Waals surface area (Å²) < 4.78 is 4.79. The van der Waals surface area contributed by atoms with Gasteiger partial charge in [0.2, 0.25) is 0 Å². The number of nitrogens with zero attached hydrogens (tertiary/aromatic N) is 2. The van der Waals surface area contributed by atoms with E-state index < -0.39 is 0 Å². The molecule has 0 atom stereocenters. The van der Waals surface area contributed by atoms with E-state index in [-0.39, 0.29) is 0 Å². The van der Waals surface area contributed by atoms with Gasteiger partial charge in [0.15, 0.2) is 0 Å². The maximum absolute atomic E-state index is 2.45. The number of para-hydroxylation sites is 4. The van der Waals surface area contributed by atoms with Crippen LogP contribution in [0.2, 0.25) is 0 Å². The molecule has 0 spiro atoms. The maximum Gasteiger partial charge on any atom is 0.0541 e. The molecule has 2 heteroatoms. The van der Waals surface area contributed by atoms with Crippen molar-refractivity contribution in [1.82, 2.24) is 9.13 Å². The first-order valence-corrected chi connectivity index (χ1v) is 22.2. The fourth-order valence-electron chi connectivity index (χ4n) is 11.1. The zero-order valence-electron chi connectivity index (χ0n) is 34.8. The third-order valence-corrected chi connectivity index (χ3v) is 13.9. The van der Waals surface area contributed by atoms with Crippen molar-refractivity contribution in [3.8, 4) is 44.8 Å². The summed E-state index contributed by atoms with van der Waals surface area (Å²) in [5.74, 6) is 0. The van der Waals surface area contributed by atoms with Gasteiger partial charge in [0.25, 0.3) is 0 Å². The number of hydrogen-bond acceptors (Lipinski definition) is 0. The van der Waals surface area contributed by atoms with E-state index in [1.807, 2.05) is 0 Å². The highest BCUT2D eigenvalue weighted by Crippen LogP contribution is 2.47. The fourth-order valence-corrected chi connectivity index (χ4v) is 11.1. The normalized spacial score (nSPS) is 12.1. The summed E-state index contributed by atoms with van der Waals surface area (Å²) in [6.45, 7) is 0. The van der Waals surface area contributed by atoms with Gasteiger partial charge in [-0.1, -0.05) is 176 Å². The van der Waals surface area contributed by atoms with Gasteiger partial charge >= 0.3 is 0 Å². The molecular weight excluding hydrogens is 773 g/mol. The minimum Gasteiger partial charge on any atom is -0.309 e. The van der Waals surface area contributed by atoms with Crippen LogP contribution in [-0.4, -0.2) is 9.13 Å². The molecule has 0 radical (unpaired) electrons. The molecule has 0 bridgehead atoms. The van der Waals surface area contributed by atoms with Crippen molar-refractivity contribution in [3.05, 3.63) is 231 Å². The van der Waals surface area contributed by atoms with Crippen molar-refractivity contribution in [2.75, 3.05) is 0 Å². The zero-order valence-corrected chi connectivity index (χ0v) is 34.8. The van der Waals surface area contributed by atoms with Gasteiger partial charge in [-0.3, -0.25) is 0 Å². The van der Waals surface area contributed by atoms with Crippen LogP contribution in [-0.2, 0) is 0 Å². The molecule has 0 N–H and O–H groups in total. The van der Waals surface area contributed by atoms with Crippen molar-refractivity contribution >= 4 is 86.7 Å². The van der Waals surface area contributed by atoms with Crippen LogP contribution in [0.3, 0.4) is 0 Å². The molecular formula is C62H38N2. The molecule has 14 aromatic rings. The van der Waals surface area contributed by atoms with E-state index in [0.717, 1.165) is 11.4 Å². The predicted molar refractivity (Wildman–Crippen MR) is 273 cm³/mol. The molecule has 0 aliphatic rings. The van der Waals surface area contributed by atoms with Crippen molar-refractivity contribution in [2.45, 2.75) is 0 Å². The molecule has 2 aromatic heterocycles. The van der Waals surface area contributed by atoms with Crippen LogP contribution in [0, 0.1) is 0 Å². The topological polar surface area (TPSA) is 9.86 Å². The van der Waals surface area contributed by atoms with Crippen molar-refractivity contribution in [1.29, 1.82) is 0 Å². The highest BCUT2D eigenvalue weighted by atomic mass is 15.0. The monoisotopic (exact) mass is 810 g/mol. The summed E-state index contributed by atoms with van der Waals surface area (Å²) in [5, 5.41) is 15.3. The molecule has 0 aliphatic carbocycles. The van der Waals surface area contributed by atoms with Gasteiger partial charge in [-0.25, -0.2) is 0 Å². The Morgan fingerprint density at radius 3 is 1.20 bits per heavy atom. The van der Waals surface area contributed by atoms with Gasteiger partial charge in [-0.05, 0) is 131 Å². The van der Waals surface area contributed by atoms with Gasteiger partial charge in [-0.2, -0.15) is 0 Å². The third kappa shape index (κ3) is 5.02. The number of rotatable bonds is 5. The number of hydrogen-bond donors (Lipinski definition) is 0. The average molecular weight is 811 g/mol. The predicted octanol–water partition coefficient (Wildman–Crippen LogP) is 16.9. The van der Waals surface area contributed by atoms with Gasteiger partial charge in [0.1, 0.15) is 0 Å². The van der Waals surface area contributed by atoms with Crippen LogP contribution >= 0.6 is 0 Å². The summed E-state index contributed by atoms with van der Waals surface area (Å²) >= 11 is 0. The SMILES string of the molecule is c1ccc2c(-c3cc(-c4ccc(-n5c6ccccc6c6ccccc65)cc4)c4ccc5ccc(-c6ccc(-n7c8ccccc8c8ccccc87)cc6)c6ccc3c4c56)cccc2c1. The molecule has 2 nitrogen and oxygen atoms in total. The Kier molecular flexibility index (Phi) is 7.43. The van der Waals surface area contributed by atoms with Gasteiger partial charge < -0.3 is 9.13 Å². The fraction of sp³-hybridized carbons (Fsp3) is 0. The van der Waals surface area contributed by atoms with E-state index in [9.17, 15) is 0 Å². The third-order valence-electron chi connectivity index (χ3n) is 13.9. The zero-order chi connectivity index (χ0) is 41.9. The van der Waals surface area contributed by atoms with Gasteiger partial charge in [0.05, 0.1) is 22.1 Å². The van der Waals surface area contributed by atoms with Crippen LogP contribution in [0.15, 0.2) is 231 Å². The first-order valence-electron chi connectivity index (χ1n) is 22.2. The van der Waals surface area contributed by atoms with E-state index in [0.29, 0.717) is 0 Å². The maximum atomic E-state index is 2.45. The summed E-state index contributed by atoms with van der Waals surface area (Å²) in [6, 6.07) is 85.4. The minimum atomic E-state index is 1.15. The summed E-state index contributed by atoms with van der Waals surface area (Å²) in [5.41, 5.74) is 14.6. The smallest absolute Gasteiger partial charge is 0.0541 e. The lowest BCUT2D eigenvalue weighted by Gasteiger charge is -2.20. The average Bonchev–Trinajstić information content (AvgIpc) is 3.88. The summed E-state index contributed by atoms with van der Waals surface area (Å²) in [4.78, 5) is 0. The lowest BCUT2D eigenvalue weighted by Crippen LogP contribution is -1.95. The quantitative estimate of drug-likeness (QED) is 0.153. The molecule has 2 heterocycles. The Balaban J connectivity index is 0.976. The van der Waals surface area contributed by atoms with Gasteiger partial charge in [-0.15, -0.1) is 0 Å². The molecule has 0 saturated carbocycles. The molecule has 296 valence electrons. The number of fused-ring (bicyclic) bond motifs is 7. The highest BCUT2D eigenvalue weighted by Gasteiger charge is 2.20. The van der Waals surface area contributed by atoms with Crippen LogP contribution < -0.4 is 0 Å². The molecule has 0 saturated heterocycles. The van der Waals surface area contributed by atoms with E-state index in [4.69, 9.17) is 0 Å². The molecule has 0 unspecified atom stereocenters. The minimum absolute atomic E-state index is 1.15. The second-order valence-electron chi connectivity index (χ2n) is 17.2. The molecule has 64 heavy (non-hydrogen) atoms. The second-order valence-corrected chi connectivity index (χ2v) is 17.2. The standard InChI is InChI=1S/C62H38N2/c1-2-14-45-39(12-1)13-11-19-47(45)56-38-55(41-26-32-44(33-27-41)64-59-22-9-5-17-50(59)51-18-6-10-23-60(51)64)53-35-29-42-28-34-46(52-36-37-54(56)62(53)61(42)52)40-24-30-43(31-25-40)63-57-20-7-3-15-48(57)49-16-4-8-21-58(49)63/h1-38H. The molecule has 14 rings (SSSR count). The number of aromatic nitrogens is 2. The van der Waals surface area contributed by atoms with Crippen molar-refractivity contribution < 1.29 is 0 Å². The number of benzene rings is 12. The molecule has 0 fully saturated rings. The largest absolute Gasteiger partial charge is 0.309 e. The van der Waals surface area contributed by atoms with Crippen LogP contribution in [0.25, 0.3) is 131 Å². The summed E-state index contributed by atoms with van der Waals surface area (Å²) in [6.07, 6.45) is 0. The van der Waals surface area contributed by atoms with E-state index in [2.05, 4.69) is 240 Å². The lowest BCUT2D eigenvalue weighted by molar-refractivity contribution is 1.18. The Morgan fingerprint density at radius 2 is 0.641 bits per heavy atom. The van der Waals surface area contributed by atoms with Crippen molar-refractivity contribution in [2.24, 2.45) is 0 Å². The van der Waals surface area contributed by atoms with E-state index in [1.165, 1.54) is 120 Å². The van der Waals surface area contributed by atoms with Crippen molar-refractivity contribution in [3.63, 3.8) is 0 Å². The Morgan fingerprint density at radius 1 is 0.219 bits per heavy atom. The molecule has 12 aromatic carbocycles. The molecule has 0 amide bonds. The van der Waals surface area contributed by atoms with Crippen LogP contribution in [0.1, 0.15) is 0 Å². The molecule has 0 aliphatic heterocycles. The first kappa shape index (κ1) is 35.2. The first-order chi connectivity index (χ1) is 31.8. The summed E-state index contributed by atoms with van der Waals surface area (Å²) in [7, 11) is 0. The second kappa shape index (κ2) is 13.5.